The molecule has 2 rings (SSSR count). The lowest BCUT2D eigenvalue weighted by molar-refractivity contribution is 0.143. The van der Waals surface area contributed by atoms with Crippen molar-refractivity contribution in [2.24, 2.45) is 4.99 Å². The van der Waals surface area contributed by atoms with E-state index in [0.29, 0.717) is 25.6 Å². The number of hydrogen-bond acceptors (Lipinski definition) is 5. The van der Waals surface area contributed by atoms with Gasteiger partial charge in [0.25, 0.3) is 0 Å². The first-order valence-electron chi connectivity index (χ1n) is 9.35. The van der Waals surface area contributed by atoms with Crippen molar-refractivity contribution in [3.05, 3.63) is 53.7 Å². The second-order valence-electron chi connectivity index (χ2n) is 6.22. The standard InChI is InChI=1S/C21H30N4O3/c1-5-22-21(25(2)16-17-6-9-19(27-4)10-7-17)24-15-18-8-11-20(23-14-18)28-13-12-26-3/h6-11,14H,5,12-13,15-16H2,1-4H3,(H,22,24). The van der Waals surface area contributed by atoms with Crippen LogP contribution in [0.4, 0.5) is 0 Å². The van der Waals surface area contributed by atoms with E-state index in [9.17, 15) is 0 Å². The van der Waals surface area contributed by atoms with Gasteiger partial charge in [-0.15, -0.1) is 0 Å². The second kappa shape index (κ2) is 11.8. The van der Waals surface area contributed by atoms with Gasteiger partial charge in [0.05, 0.1) is 20.3 Å². The summed E-state index contributed by atoms with van der Waals surface area (Å²) < 4.78 is 15.7. The van der Waals surface area contributed by atoms with Crippen LogP contribution in [-0.4, -0.2) is 56.9 Å². The average molecular weight is 386 g/mol. The zero-order valence-electron chi connectivity index (χ0n) is 17.1. The van der Waals surface area contributed by atoms with Gasteiger partial charge in [0.1, 0.15) is 12.4 Å². The Bertz CT molecular complexity index is 717. The zero-order valence-corrected chi connectivity index (χ0v) is 17.1. The molecular weight excluding hydrogens is 356 g/mol. The molecular formula is C21H30N4O3. The molecule has 1 heterocycles. The molecule has 0 atom stereocenters. The van der Waals surface area contributed by atoms with Crippen LogP contribution in [0.2, 0.25) is 0 Å². The maximum Gasteiger partial charge on any atom is 0.213 e. The van der Waals surface area contributed by atoms with Crippen molar-refractivity contribution in [1.82, 2.24) is 15.2 Å². The summed E-state index contributed by atoms with van der Waals surface area (Å²) in [5.74, 6) is 2.29. The number of hydrogen-bond donors (Lipinski definition) is 1. The topological polar surface area (TPSA) is 68.2 Å². The molecule has 0 aliphatic carbocycles. The van der Waals surface area contributed by atoms with Gasteiger partial charge in [-0.25, -0.2) is 9.98 Å². The van der Waals surface area contributed by atoms with Crippen LogP contribution in [0.1, 0.15) is 18.1 Å². The zero-order chi connectivity index (χ0) is 20.2. The third kappa shape index (κ3) is 7.08. The fourth-order valence-corrected chi connectivity index (χ4v) is 2.53. The fraction of sp³-hybridized carbons (Fsp3) is 0.429. The molecule has 7 heteroatoms. The lowest BCUT2D eigenvalue weighted by atomic mass is 10.2. The van der Waals surface area contributed by atoms with Gasteiger partial charge in [-0.05, 0) is 30.2 Å². The summed E-state index contributed by atoms with van der Waals surface area (Å²) in [4.78, 5) is 11.1. The summed E-state index contributed by atoms with van der Waals surface area (Å²) in [6.45, 7) is 5.18. The molecule has 0 spiro atoms. The molecule has 2 aromatic rings. The van der Waals surface area contributed by atoms with E-state index >= 15 is 0 Å². The average Bonchev–Trinajstić information content (AvgIpc) is 2.72. The summed E-state index contributed by atoms with van der Waals surface area (Å²) in [5.41, 5.74) is 2.21. The van der Waals surface area contributed by atoms with Crippen LogP contribution in [0.15, 0.2) is 47.6 Å². The van der Waals surface area contributed by atoms with Crippen LogP contribution in [0.3, 0.4) is 0 Å². The van der Waals surface area contributed by atoms with E-state index < -0.39 is 0 Å². The van der Waals surface area contributed by atoms with E-state index in [0.717, 1.165) is 30.4 Å². The Morgan fingerprint density at radius 1 is 1.07 bits per heavy atom. The normalized spacial score (nSPS) is 11.2. The van der Waals surface area contributed by atoms with Gasteiger partial charge in [-0.3, -0.25) is 0 Å². The smallest absolute Gasteiger partial charge is 0.213 e. The van der Waals surface area contributed by atoms with Crippen molar-refractivity contribution in [2.75, 3.05) is 41.0 Å². The Balaban J connectivity index is 1.96. The lowest BCUT2D eigenvalue weighted by Gasteiger charge is -2.22. The number of aliphatic imine (C=N–C) groups is 1. The van der Waals surface area contributed by atoms with E-state index in [1.54, 1.807) is 20.4 Å². The molecule has 0 unspecified atom stereocenters. The molecule has 1 N–H and O–H groups in total. The fourth-order valence-electron chi connectivity index (χ4n) is 2.53. The highest BCUT2D eigenvalue weighted by molar-refractivity contribution is 5.79. The van der Waals surface area contributed by atoms with E-state index in [1.165, 1.54) is 5.56 Å². The van der Waals surface area contributed by atoms with E-state index in [-0.39, 0.29) is 0 Å². The number of nitrogens with zero attached hydrogens (tertiary/aromatic N) is 3. The molecule has 1 aromatic carbocycles. The molecule has 152 valence electrons. The molecule has 0 fully saturated rings. The van der Waals surface area contributed by atoms with Gasteiger partial charge in [0, 0.05) is 39.5 Å². The number of methoxy groups -OCH3 is 2. The number of pyridine rings is 1. The van der Waals surface area contributed by atoms with Gasteiger partial charge in [0.15, 0.2) is 5.96 Å². The molecule has 28 heavy (non-hydrogen) atoms. The quantitative estimate of drug-likeness (QED) is 0.385. The van der Waals surface area contributed by atoms with Gasteiger partial charge in [0.2, 0.25) is 5.88 Å². The Hall–Kier alpha value is -2.80. The Morgan fingerprint density at radius 3 is 2.43 bits per heavy atom. The number of nitrogens with one attached hydrogen (secondary N) is 1. The Labute approximate surface area is 167 Å². The van der Waals surface area contributed by atoms with Crippen LogP contribution in [0.5, 0.6) is 11.6 Å². The minimum Gasteiger partial charge on any atom is -0.497 e. The van der Waals surface area contributed by atoms with Crippen molar-refractivity contribution in [2.45, 2.75) is 20.0 Å². The van der Waals surface area contributed by atoms with Crippen LogP contribution in [0.25, 0.3) is 0 Å². The number of guanidine groups is 1. The third-order valence-corrected chi connectivity index (χ3v) is 4.02. The van der Waals surface area contributed by atoms with Crippen molar-refractivity contribution in [3.63, 3.8) is 0 Å². The maximum atomic E-state index is 5.49. The first-order valence-corrected chi connectivity index (χ1v) is 9.35. The molecule has 7 nitrogen and oxygen atoms in total. The molecule has 1 aromatic heterocycles. The summed E-state index contributed by atoms with van der Waals surface area (Å²) in [6.07, 6.45) is 1.79. The first kappa shape index (κ1) is 21.5. The number of rotatable bonds is 10. The molecule has 0 aliphatic rings. The van der Waals surface area contributed by atoms with Gasteiger partial charge in [-0.1, -0.05) is 18.2 Å². The van der Waals surface area contributed by atoms with E-state index in [4.69, 9.17) is 19.2 Å². The monoisotopic (exact) mass is 386 g/mol. The third-order valence-electron chi connectivity index (χ3n) is 4.02. The molecule has 0 radical (unpaired) electrons. The number of aromatic nitrogens is 1. The van der Waals surface area contributed by atoms with E-state index in [2.05, 4.69) is 34.3 Å². The summed E-state index contributed by atoms with van der Waals surface area (Å²) >= 11 is 0. The Morgan fingerprint density at radius 2 is 1.82 bits per heavy atom. The van der Waals surface area contributed by atoms with Crippen LogP contribution in [-0.2, 0) is 17.8 Å². The predicted molar refractivity (Wildman–Crippen MR) is 111 cm³/mol. The minimum absolute atomic E-state index is 0.488. The van der Waals surface area contributed by atoms with Crippen LogP contribution < -0.4 is 14.8 Å². The van der Waals surface area contributed by atoms with Crippen molar-refractivity contribution in [3.8, 4) is 11.6 Å². The highest BCUT2D eigenvalue weighted by atomic mass is 16.5. The van der Waals surface area contributed by atoms with Gasteiger partial charge >= 0.3 is 0 Å². The lowest BCUT2D eigenvalue weighted by Crippen LogP contribution is -2.38. The summed E-state index contributed by atoms with van der Waals surface area (Å²) in [6, 6.07) is 11.9. The molecule has 0 saturated carbocycles. The summed E-state index contributed by atoms with van der Waals surface area (Å²) in [5, 5.41) is 3.33. The molecule has 0 amide bonds. The van der Waals surface area contributed by atoms with Crippen molar-refractivity contribution >= 4 is 5.96 Å². The van der Waals surface area contributed by atoms with E-state index in [1.807, 2.05) is 31.3 Å². The van der Waals surface area contributed by atoms with Crippen molar-refractivity contribution in [1.29, 1.82) is 0 Å². The largest absolute Gasteiger partial charge is 0.497 e. The molecule has 0 bridgehead atoms. The first-order chi connectivity index (χ1) is 13.7. The van der Waals surface area contributed by atoms with Crippen LogP contribution >= 0.6 is 0 Å². The predicted octanol–water partition coefficient (Wildman–Crippen LogP) is 2.71. The minimum atomic E-state index is 0.488. The molecule has 0 saturated heterocycles. The second-order valence-corrected chi connectivity index (χ2v) is 6.22. The number of ether oxygens (including phenoxy) is 3. The van der Waals surface area contributed by atoms with Crippen molar-refractivity contribution < 1.29 is 14.2 Å². The summed E-state index contributed by atoms with van der Waals surface area (Å²) in [7, 11) is 5.34. The maximum absolute atomic E-state index is 5.49. The van der Waals surface area contributed by atoms with Gasteiger partial charge in [-0.2, -0.15) is 0 Å². The number of benzene rings is 1. The van der Waals surface area contributed by atoms with Crippen LogP contribution in [0, 0.1) is 0 Å². The van der Waals surface area contributed by atoms with Gasteiger partial charge < -0.3 is 24.4 Å². The highest BCUT2D eigenvalue weighted by Crippen LogP contribution is 2.13. The molecule has 0 aliphatic heterocycles. The SMILES string of the molecule is CCNC(=NCc1ccc(OCCOC)nc1)N(C)Cc1ccc(OC)cc1. The highest BCUT2D eigenvalue weighted by Gasteiger charge is 2.07. The Kier molecular flexibility index (Phi) is 9.07.